The maximum atomic E-state index is 12.6. The van der Waals surface area contributed by atoms with E-state index in [1.807, 2.05) is 6.07 Å². The van der Waals surface area contributed by atoms with Crippen LogP contribution in [0, 0.1) is 17.2 Å². The number of nitriles is 1. The summed E-state index contributed by atoms with van der Waals surface area (Å²) in [7, 11) is 1.58. The molecule has 2 aromatic rings. The minimum atomic E-state index is -0.342. The van der Waals surface area contributed by atoms with Crippen LogP contribution in [0.15, 0.2) is 28.7 Å². The Morgan fingerprint density at radius 3 is 2.88 bits per heavy atom. The maximum Gasteiger partial charge on any atom is 0.287 e. The Labute approximate surface area is 151 Å². The fourth-order valence-electron chi connectivity index (χ4n) is 3.38. The van der Waals surface area contributed by atoms with Gasteiger partial charge in [0.15, 0.2) is 5.76 Å². The molecule has 7 heteroatoms. The first-order valence-corrected chi connectivity index (χ1v) is 8.65. The van der Waals surface area contributed by atoms with E-state index in [9.17, 15) is 9.59 Å². The summed E-state index contributed by atoms with van der Waals surface area (Å²) in [5.41, 5.74) is 0.600. The molecule has 1 fully saturated rings. The fraction of sp³-hybridized carbons (Fsp3) is 0.421. The highest BCUT2D eigenvalue weighted by molar-refractivity contribution is 5.96. The van der Waals surface area contributed by atoms with Crippen molar-refractivity contribution in [2.75, 3.05) is 13.7 Å². The molecule has 2 amide bonds. The Morgan fingerprint density at radius 1 is 1.31 bits per heavy atom. The zero-order valence-corrected chi connectivity index (χ0v) is 14.6. The van der Waals surface area contributed by atoms with Gasteiger partial charge in [0.25, 0.3) is 5.91 Å². The minimum Gasteiger partial charge on any atom is -0.497 e. The first-order chi connectivity index (χ1) is 12.6. The molecule has 1 saturated carbocycles. The van der Waals surface area contributed by atoms with Gasteiger partial charge in [-0.15, -0.1) is 0 Å². The molecule has 0 spiro atoms. The summed E-state index contributed by atoms with van der Waals surface area (Å²) < 4.78 is 10.8. The van der Waals surface area contributed by atoms with E-state index < -0.39 is 0 Å². The number of hydrogen-bond donors (Lipinski definition) is 2. The zero-order valence-electron chi connectivity index (χ0n) is 14.6. The highest BCUT2D eigenvalue weighted by Crippen LogP contribution is 2.27. The fourth-order valence-corrected chi connectivity index (χ4v) is 3.38. The molecule has 1 heterocycles. The molecule has 0 radical (unpaired) electrons. The number of ether oxygens (including phenoxy) is 1. The second-order valence-electron chi connectivity index (χ2n) is 6.36. The number of methoxy groups -OCH3 is 1. The van der Waals surface area contributed by atoms with Crippen molar-refractivity contribution in [1.29, 1.82) is 5.26 Å². The summed E-state index contributed by atoms with van der Waals surface area (Å²) in [6, 6.07) is 8.62. The summed E-state index contributed by atoms with van der Waals surface area (Å²) in [5, 5.41) is 14.9. The monoisotopic (exact) mass is 355 g/mol. The van der Waals surface area contributed by atoms with Crippen molar-refractivity contribution in [2.45, 2.75) is 31.7 Å². The number of carbonyl (C=O) groups is 2. The third kappa shape index (κ3) is 3.80. The van der Waals surface area contributed by atoms with Crippen LogP contribution in [0.2, 0.25) is 0 Å². The lowest BCUT2D eigenvalue weighted by Crippen LogP contribution is -2.48. The number of rotatable bonds is 5. The van der Waals surface area contributed by atoms with E-state index >= 15 is 0 Å². The molecule has 1 aromatic heterocycles. The average Bonchev–Trinajstić information content (AvgIpc) is 3.09. The van der Waals surface area contributed by atoms with E-state index in [1.165, 1.54) is 0 Å². The van der Waals surface area contributed by atoms with Crippen LogP contribution in [0.25, 0.3) is 11.0 Å². The highest BCUT2D eigenvalue weighted by atomic mass is 16.5. The van der Waals surface area contributed by atoms with Crippen LogP contribution in [0.4, 0.5) is 0 Å². The molecule has 7 nitrogen and oxygen atoms in total. The van der Waals surface area contributed by atoms with Gasteiger partial charge in [0.2, 0.25) is 5.91 Å². The van der Waals surface area contributed by atoms with Gasteiger partial charge in [0.1, 0.15) is 17.9 Å². The Balaban J connectivity index is 1.73. The largest absolute Gasteiger partial charge is 0.497 e. The molecule has 1 aromatic carbocycles. The summed E-state index contributed by atoms with van der Waals surface area (Å²) >= 11 is 0. The van der Waals surface area contributed by atoms with Gasteiger partial charge in [-0.3, -0.25) is 9.59 Å². The molecular formula is C19H21N3O4. The van der Waals surface area contributed by atoms with E-state index in [0.717, 1.165) is 24.6 Å². The average molecular weight is 355 g/mol. The number of amides is 2. The van der Waals surface area contributed by atoms with Crippen LogP contribution in [-0.2, 0) is 4.79 Å². The topological polar surface area (TPSA) is 104 Å². The van der Waals surface area contributed by atoms with E-state index in [1.54, 1.807) is 31.4 Å². The Hall–Kier alpha value is -3.01. The lowest BCUT2D eigenvalue weighted by Gasteiger charge is -2.30. The SMILES string of the molecule is COc1ccc2oc(C(=O)N[C@@H]3CCCC[C@H]3C(=O)NCC#N)cc2c1. The minimum absolute atomic E-state index is 0.0264. The van der Waals surface area contributed by atoms with Crippen LogP contribution in [0.1, 0.15) is 36.2 Å². The third-order valence-electron chi connectivity index (χ3n) is 4.71. The van der Waals surface area contributed by atoms with Gasteiger partial charge < -0.3 is 19.8 Å². The third-order valence-corrected chi connectivity index (χ3v) is 4.71. The van der Waals surface area contributed by atoms with Crippen molar-refractivity contribution >= 4 is 22.8 Å². The van der Waals surface area contributed by atoms with Crippen molar-refractivity contribution in [1.82, 2.24) is 10.6 Å². The smallest absolute Gasteiger partial charge is 0.287 e. The van der Waals surface area contributed by atoms with Crippen LogP contribution < -0.4 is 15.4 Å². The molecule has 0 unspecified atom stereocenters. The van der Waals surface area contributed by atoms with Gasteiger partial charge in [0.05, 0.1) is 19.1 Å². The van der Waals surface area contributed by atoms with E-state index in [-0.39, 0.29) is 36.1 Å². The van der Waals surface area contributed by atoms with Crippen LogP contribution in [0.3, 0.4) is 0 Å². The molecule has 1 aliphatic rings. The van der Waals surface area contributed by atoms with Gasteiger partial charge in [0, 0.05) is 11.4 Å². The number of fused-ring (bicyclic) bond motifs is 1. The summed E-state index contributed by atoms with van der Waals surface area (Å²) in [4.78, 5) is 24.8. The summed E-state index contributed by atoms with van der Waals surface area (Å²) in [6.45, 7) is -0.0264. The highest BCUT2D eigenvalue weighted by Gasteiger charge is 2.32. The lowest BCUT2D eigenvalue weighted by molar-refractivity contribution is -0.126. The van der Waals surface area contributed by atoms with Gasteiger partial charge in [-0.05, 0) is 37.1 Å². The maximum absolute atomic E-state index is 12.6. The first-order valence-electron chi connectivity index (χ1n) is 8.65. The molecule has 1 aliphatic carbocycles. The Kier molecular flexibility index (Phi) is 5.42. The number of hydrogen-bond acceptors (Lipinski definition) is 5. The molecule has 0 aliphatic heterocycles. The van der Waals surface area contributed by atoms with Crippen molar-refractivity contribution in [3.8, 4) is 11.8 Å². The number of benzene rings is 1. The van der Waals surface area contributed by atoms with Gasteiger partial charge in [-0.1, -0.05) is 12.8 Å². The second kappa shape index (κ2) is 7.91. The van der Waals surface area contributed by atoms with Gasteiger partial charge in [-0.2, -0.15) is 5.26 Å². The van der Waals surface area contributed by atoms with Crippen LogP contribution in [-0.4, -0.2) is 31.5 Å². The number of furan rings is 1. The second-order valence-corrected chi connectivity index (χ2v) is 6.36. The van der Waals surface area contributed by atoms with Crippen molar-refractivity contribution in [3.63, 3.8) is 0 Å². The Morgan fingerprint density at radius 2 is 2.12 bits per heavy atom. The molecule has 0 saturated heterocycles. The zero-order chi connectivity index (χ0) is 18.5. The van der Waals surface area contributed by atoms with E-state index in [4.69, 9.17) is 14.4 Å². The predicted molar refractivity (Wildman–Crippen MR) is 94.6 cm³/mol. The molecule has 136 valence electrons. The number of nitrogens with zero attached hydrogens (tertiary/aromatic N) is 1. The normalized spacial score (nSPS) is 19.5. The summed E-state index contributed by atoms with van der Waals surface area (Å²) in [6.07, 6.45) is 3.30. The van der Waals surface area contributed by atoms with Crippen LogP contribution in [0.5, 0.6) is 5.75 Å². The molecular weight excluding hydrogens is 334 g/mol. The number of nitrogens with one attached hydrogen (secondary N) is 2. The molecule has 3 rings (SSSR count). The molecule has 0 bridgehead atoms. The lowest BCUT2D eigenvalue weighted by atomic mass is 9.83. The molecule has 26 heavy (non-hydrogen) atoms. The van der Waals surface area contributed by atoms with Gasteiger partial charge >= 0.3 is 0 Å². The van der Waals surface area contributed by atoms with Gasteiger partial charge in [-0.25, -0.2) is 0 Å². The van der Waals surface area contributed by atoms with E-state index in [2.05, 4.69) is 10.6 Å². The molecule has 2 N–H and O–H groups in total. The predicted octanol–water partition coefficient (Wildman–Crippen LogP) is 2.37. The quantitative estimate of drug-likeness (QED) is 0.801. The van der Waals surface area contributed by atoms with E-state index in [0.29, 0.717) is 17.8 Å². The first kappa shape index (κ1) is 17.8. The van der Waals surface area contributed by atoms with Crippen LogP contribution >= 0.6 is 0 Å². The van der Waals surface area contributed by atoms with Crippen molar-refractivity contribution < 1.29 is 18.7 Å². The van der Waals surface area contributed by atoms with Crippen molar-refractivity contribution in [3.05, 3.63) is 30.0 Å². The number of carbonyl (C=O) groups excluding carboxylic acids is 2. The Bertz CT molecular complexity index is 852. The molecule has 2 atom stereocenters. The standard InChI is InChI=1S/C19H21N3O4/c1-25-13-6-7-16-12(10-13)11-17(26-16)19(24)22-15-5-3-2-4-14(15)18(23)21-9-8-20/h6-7,10-11,14-15H,2-5,9H2,1H3,(H,21,23)(H,22,24)/t14-,15-/m1/s1. The summed E-state index contributed by atoms with van der Waals surface area (Å²) in [5.74, 6) is 0.0309. The van der Waals surface area contributed by atoms with Crippen molar-refractivity contribution in [2.24, 2.45) is 5.92 Å².